The predicted octanol–water partition coefficient (Wildman–Crippen LogP) is 1.74. The first-order chi connectivity index (χ1) is 8.72. The average Bonchev–Trinajstić information content (AvgIpc) is 2.39. The monoisotopic (exact) mass is 244 g/mol. The van der Waals surface area contributed by atoms with Gasteiger partial charge in [0, 0.05) is 28.9 Å². The van der Waals surface area contributed by atoms with E-state index >= 15 is 0 Å². The Balaban J connectivity index is 2.27. The van der Waals surface area contributed by atoms with Gasteiger partial charge < -0.3 is 10.1 Å². The van der Waals surface area contributed by atoms with Crippen LogP contribution in [0.3, 0.4) is 0 Å². The van der Waals surface area contributed by atoms with Crippen molar-refractivity contribution in [1.29, 1.82) is 0 Å². The third-order valence-corrected chi connectivity index (χ3v) is 2.39. The lowest BCUT2D eigenvalue weighted by molar-refractivity contribution is -0.152. The minimum atomic E-state index is -0.886. The van der Waals surface area contributed by atoms with Crippen LogP contribution in [-0.2, 0) is 14.3 Å². The fourth-order valence-corrected chi connectivity index (χ4v) is 1.60. The van der Waals surface area contributed by atoms with E-state index in [2.05, 4.69) is 15.0 Å². The molecule has 1 N–H and O–H groups in total. The maximum atomic E-state index is 11.5. The first-order valence-electron chi connectivity index (χ1n) is 5.53. The summed E-state index contributed by atoms with van der Waals surface area (Å²) in [6.07, 6.45) is 3.32. The van der Waals surface area contributed by atoms with Crippen molar-refractivity contribution in [2.24, 2.45) is 0 Å². The number of fused-ring (bicyclic) bond motifs is 1. The summed E-state index contributed by atoms with van der Waals surface area (Å²) in [7, 11) is 0. The third-order valence-electron chi connectivity index (χ3n) is 2.39. The van der Waals surface area contributed by atoms with Crippen LogP contribution in [0.25, 0.3) is 10.8 Å². The van der Waals surface area contributed by atoms with Crippen LogP contribution in [0.15, 0.2) is 36.7 Å². The van der Waals surface area contributed by atoms with Gasteiger partial charge in [-0.15, -0.1) is 0 Å². The van der Waals surface area contributed by atoms with E-state index in [1.54, 1.807) is 37.5 Å². The number of nitrogens with one attached hydrogen (secondary N) is 1. The highest BCUT2D eigenvalue weighted by Gasteiger charge is 2.15. The molecule has 1 heterocycles. The van der Waals surface area contributed by atoms with Crippen molar-refractivity contribution in [3.05, 3.63) is 36.7 Å². The number of pyridine rings is 1. The van der Waals surface area contributed by atoms with Gasteiger partial charge in [0.15, 0.2) is 0 Å². The van der Waals surface area contributed by atoms with Crippen molar-refractivity contribution in [2.75, 3.05) is 11.9 Å². The molecule has 0 aliphatic heterocycles. The van der Waals surface area contributed by atoms with E-state index in [4.69, 9.17) is 0 Å². The first kappa shape index (κ1) is 12.0. The van der Waals surface area contributed by atoms with Gasteiger partial charge in [-0.1, -0.05) is 12.1 Å². The molecule has 0 saturated carbocycles. The van der Waals surface area contributed by atoms with Gasteiger partial charge in [-0.3, -0.25) is 9.78 Å². The number of esters is 1. The van der Waals surface area contributed by atoms with E-state index in [1.165, 1.54) is 0 Å². The van der Waals surface area contributed by atoms with Gasteiger partial charge in [-0.05, 0) is 19.1 Å². The Labute approximate surface area is 104 Å². The Hall–Kier alpha value is -2.43. The van der Waals surface area contributed by atoms with Crippen molar-refractivity contribution >= 4 is 28.3 Å². The van der Waals surface area contributed by atoms with Crippen LogP contribution in [0.2, 0.25) is 0 Å². The molecule has 0 saturated heterocycles. The van der Waals surface area contributed by atoms with E-state index in [0.717, 1.165) is 10.8 Å². The molecule has 2 aromatic rings. The number of hydrogen-bond acceptors (Lipinski definition) is 4. The van der Waals surface area contributed by atoms with Gasteiger partial charge in [-0.25, -0.2) is 4.79 Å². The Kier molecular flexibility index (Phi) is 3.52. The summed E-state index contributed by atoms with van der Waals surface area (Å²) < 4.78 is 4.62. The van der Waals surface area contributed by atoms with Gasteiger partial charge in [0.1, 0.15) is 0 Å². The van der Waals surface area contributed by atoms with Gasteiger partial charge in [-0.2, -0.15) is 0 Å². The van der Waals surface area contributed by atoms with Crippen LogP contribution < -0.4 is 5.32 Å². The molecular formula is C13H12N2O3. The highest BCUT2D eigenvalue weighted by molar-refractivity contribution is 6.37. The number of carbonyl (C=O) groups excluding carboxylic acids is 2. The Bertz CT molecular complexity index is 590. The van der Waals surface area contributed by atoms with Crippen LogP contribution in [-0.4, -0.2) is 23.5 Å². The van der Waals surface area contributed by atoms with Crippen molar-refractivity contribution in [1.82, 2.24) is 4.98 Å². The second-order valence-electron chi connectivity index (χ2n) is 3.58. The quantitative estimate of drug-likeness (QED) is 0.645. The number of nitrogens with zero attached hydrogens (tertiary/aromatic N) is 1. The summed E-state index contributed by atoms with van der Waals surface area (Å²) in [6.45, 7) is 1.82. The normalized spacial score (nSPS) is 10.1. The zero-order valence-electron chi connectivity index (χ0n) is 9.84. The van der Waals surface area contributed by atoms with Crippen LogP contribution in [0.4, 0.5) is 5.69 Å². The number of carbonyl (C=O) groups is 2. The largest absolute Gasteiger partial charge is 0.459 e. The summed E-state index contributed by atoms with van der Waals surface area (Å²) in [5, 5.41) is 4.24. The molecular weight excluding hydrogens is 232 g/mol. The SMILES string of the molecule is CCOC(=O)C(=O)Nc1cccc2cnccc12. The lowest BCUT2D eigenvalue weighted by atomic mass is 10.1. The molecule has 2 rings (SSSR count). The van der Waals surface area contributed by atoms with E-state index in [0.29, 0.717) is 5.69 Å². The molecule has 92 valence electrons. The van der Waals surface area contributed by atoms with Crippen LogP contribution >= 0.6 is 0 Å². The highest BCUT2D eigenvalue weighted by atomic mass is 16.5. The van der Waals surface area contributed by atoms with E-state index < -0.39 is 11.9 Å². The number of benzene rings is 1. The third kappa shape index (κ3) is 2.45. The maximum Gasteiger partial charge on any atom is 0.397 e. The molecule has 0 aliphatic carbocycles. The van der Waals surface area contributed by atoms with Crippen LogP contribution in [0, 0.1) is 0 Å². The molecule has 5 heteroatoms. The molecule has 1 aromatic carbocycles. The van der Waals surface area contributed by atoms with Gasteiger partial charge in [0.25, 0.3) is 0 Å². The highest BCUT2D eigenvalue weighted by Crippen LogP contribution is 2.21. The van der Waals surface area contributed by atoms with Crippen molar-refractivity contribution in [2.45, 2.75) is 6.92 Å². The molecule has 0 unspecified atom stereocenters. The number of hydrogen-bond donors (Lipinski definition) is 1. The summed E-state index contributed by atoms with van der Waals surface area (Å²) >= 11 is 0. The second kappa shape index (κ2) is 5.27. The van der Waals surface area contributed by atoms with E-state index in [-0.39, 0.29) is 6.61 Å². The van der Waals surface area contributed by atoms with E-state index in [1.807, 2.05) is 6.07 Å². The summed E-state index contributed by atoms with van der Waals surface area (Å²) in [4.78, 5) is 26.8. The summed E-state index contributed by atoms with van der Waals surface area (Å²) in [5.74, 6) is -1.66. The number of aromatic nitrogens is 1. The topological polar surface area (TPSA) is 68.3 Å². The molecule has 18 heavy (non-hydrogen) atoms. The minimum Gasteiger partial charge on any atom is -0.459 e. The summed E-state index contributed by atoms with van der Waals surface area (Å²) in [5.41, 5.74) is 0.563. The molecule has 1 aromatic heterocycles. The Morgan fingerprint density at radius 3 is 2.94 bits per heavy atom. The zero-order valence-corrected chi connectivity index (χ0v) is 9.84. The molecule has 0 atom stereocenters. The number of rotatable bonds is 2. The lowest BCUT2D eigenvalue weighted by Gasteiger charge is -2.07. The maximum absolute atomic E-state index is 11.5. The predicted molar refractivity (Wildman–Crippen MR) is 67.0 cm³/mol. The zero-order chi connectivity index (χ0) is 13.0. The molecule has 5 nitrogen and oxygen atoms in total. The van der Waals surface area contributed by atoms with E-state index in [9.17, 15) is 9.59 Å². The van der Waals surface area contributed by atoms with Crippen LogP contribution in [0.5, 0.6) is 0 Å². The van der Waals surface area contributed by atoms with Gasteiger partial charge in [0.05, 0.1) is 6.61 Å². The molecule has 0 radical (unpaired) electrons. The molecule has 0 aliphatic rings. The van der Waals surface area contributed by atoms with Crippen molar-refractivity contribution in [3.8, 4) is 0 Å². The Morgan fingerprint density at radius 1 is 1.33 bits per heavy atom. The van der Waals surface area contributed by atoms with Crippen molar-refractivity contribution in [3.63, 3.8) is 0 Å². The lowest BCUT2D eigenvalue weighted by Crippen LogP contribution is -2.25. The fraction of sp³-hybridized carbons (Fsp3) is 0.154. The van der Waals surface area contributed by atoms with Gasteiger partial charge >= 0.3 is 11.9 Å². The fourth-order valence-electron chi connectivity index (χ4n) is 1.60. The Morgan fingerprint density at radius 2 is 2.17 bits per heavy atom. The average molecular weight is 244 g/mol. The standard InChI is InChI=1S/C13H12N2O3/c1-2-18-13(17)12(16)15-11-5-3-4-9-8-14-7-6-10(9)11/h3-8H,2H2,1H3,(H,15,16). The molecule has 1 amide bonds. The number of ether oxygens (including phenoxy) is 1. The number of anilines is 1. The summed E-state index contributed by atoms with van der Waals surface area (Å²) in [6, 6.07) is 7.16. The van der Waals surface area contributed by atoms with Gasteiger partial charge in [0.2, 0.25) is 0 Å². The second-order valence-corrected chi connectivity index (χ2v) is 3.58. The van der Waals surface area contributed by atoms with Crippen LogP contribution in [0.1, 0.15) is 6.92 Å². The first-order valence-corrected chi connectivity index (χ1v) is 5.53. The number of amides is 1. The molecule has 0 fully saturated rings. The minimum absolute atomic E-state index is 0.172. The smallest absolute Gasteiger partial charge is 0.397 e. The van der Waals surface area contributed by atoms with Crippen molar-refractivity contribution < 1.29 is 14.3 Å². The molecule has 0 spiro atoms. The molecule has 0 bridgehead atoms.